The molecule has 0 amide bonds. The highest BCUT2D eigenvalue weighted by atomic mass is 35.5. The molecule has 0 spiro atoms. The average molecular weight is 404 g/mol. The van der Waals surface area contributed by atoms with E-state index in [-0.39, 0.29) is 34.9 Å². The van der Waals surface area contributed by atoms with Crippen LogP contribution >= 0.6 is 11.6 Å². The van der Waals surface area contributed by atoms with Crippen molar-refractivity contribution in [2.75, 3.05) is 13.9 Å². The number of alkyl halides is 3. The first-order valence-electron chi connectivity index (χ1n) is 7.26. The van der Waals surface area contributed by atoms with Gasteiger partial charge in [0, 0.05) is 19.4 Å². The molecule has 27 heavy (non-hydrogen) atoms. The molecule has 144 valence electrons. The smallest absolute Gasteiger partial charge is 0.417 e. The number of hydrogen-bond donors (Lipinski definition) is 0. The number of hydrogen-bond acceptors (Lipinski definition) is 6. The van der Waals surface area contributed by atoms with Crippen LogP contribution in [0.3, 0.4) is 0 Å². The molecule has 0 aliphatic rings. The Morgan fingerprint density at radius 3 is 2.63 bits per heavy atom. The number of nitrogens with zero attached hydrogens (tertiary/aromatic N) is 1. The Balaban J connectivity index is 2.40. The third kappa shape index (κ3) is 5.35. The lowest BCUT2D eigenvalue weighted by molar-refractivity contribution is -0.137. The van der Waals surface area contributed by atoms with Crippen molar-refractivity contribution in [3.05, 3.63) is 53.7 Å². The van der Waals surface area contributed by atoms with Crippen molar-refractivity contribution in [2.45, 2.75) is 6.18 Å². The largest absolute Gasteiger partial charge is 0.463 e. The number of ether oxygens (including phenoxy) is 4. The van der Waals surface area contributed by atoms with Crippen LogP contribution in [0.5, 0.6) is 23.1 Å². The standard InChI is InChI=1S/C17H13ClF3NO5/c1-3-14(23)27-15-12(25-9-24-2)5-4-6-13(15)26-16-11(18)7-10(8-22-16)17(19,20)21/h3-8H,1,9H2,2H3. The van der Waals surface area contributed by atoms with Gasteiger partial charge in [0.15, 0.2) is 18.3 Å². The summed E-state index contributed by atoms with van der Waals surface area (Å²) >= 11 is 5.83. The minimum Gasteiger partial charge on any atom is -0.463 e. The fourth-order valence-electron chi connectivity index (χ4n) is 1.81. The number of methoxy groups -OCH3 is 1. The lowest BCUT2D eigenvalue weighted by atomic mass is 10.2. The molecule has 0 bridgehead atoms. The molecule has 2 aromatic rings. The summed E-state index contributed by atoms with van der Waals surface area (Å²) in [5, 5.41) is -0.381. The first kappa shape index (κ1) is 20.5. The molecule has 6 nitrogen and oxygen atoms in total. The van der Waals surface area contributed by atoms with E-state index < -0.39 is 17.7 Å². The molecule has 0 fully saturated rings. The highest BCUT2D eigenvalue weighted by molar-refractivity contribution is 6.31. The fraction of sp³-hybridized carbons (Fsp3) is 0.176. The zero-order chi connectivity index (χ0) is 20.0. The van der Waals surface area contributed by atoms with Gasteiger partial charge in [-0.1, -0.05) is 24.2 Å². The second-order valence-electron chi connectivity index (χ2n) is 4.87. The van der Waals surface area contributed by atoms with E-state index in [1.165, 1.54) is 25.3 Å². The molecular weight excluding hydrogens is 391 g/mol. The highest BCUT2D eigenvalue weighted by Gasteiger charge is 2.32. The zero-order valence-corrected chi connectivity index (χ0v) is 14.6. The topological polar surface area (TPSA) is 66.9 Å². The van der Waals surface area contributed by atoms with Crippen molar-refractivity contribution < 1.29 is 36.9 Å². The predicted molar refractivity (Wildman–Crippen MR) is 89.1 cm³/mol. The van der Waals surface area contributed by atoms with Gasteiger partial charge in [0.25, 0.3) is 0 Å². The summed E-state index contributed by atoms with van der Waals surface area (Å²) in [5.41, 5.74) is -1.03. The number of carbonyl (C=O) groups excluding carboxylic acids is 1. The van der Waals surface area contributed by atoms with E-state index >= 15 is 0 Å². The maximum Gasteiger partial charge on any atom is 0.417 e. The number of halogens is 4. The van der Waals surface area contributed by atoms with Crippen LogP contribution < -0.4 is 14.2 Å². The number of pyridine rings is 1. The molecule has 0 saturated heterocycles. The molecule has 0 N–H and O–H groups in total. The maximum absolute atomic E-state index is 12.7. The number of carbonyl (C=O) groups is 1. The lowest BCUT2D eigenvalue weighted by Gasteiger charge is -2.15. The molecule has 0 aliphatic carbocycles. The van der Waals surface area contributed by atoms with Crippen LogP contribution in [-0.4, -0.2) is 24.9 Å². The maximum atomic E-state index is 12.7. The molecule has 1 heterocycles. The SMILES string of the molecule is C=CC(=O)Oc1c(OCOC)cccc1Oc1ncc(C(F)(F)F)cc1Cl. The highest BCUT2D eigenvalue weighted by Crippen LogP contribution is 2.41. The second-order valence-corrected chi connectivity index (χ2v) is 5.28. The Labute approximate surface area is 157 Å². The number of aromatic nitrogens is 1. The minimum absolute atomic E-state index is 0.0621. The van der Waals surface area contributed by atoms with Crippen LogP contribution in [0.25, 0.3) is 0 Å². The lowest BCUT2D eigenvalue weighted by Crippen LogP contribution is -2.08. The van der Waals surface area contributed by atoms with E-state index in [2.05, 4.69) is 11.6 Å². The Bertz CT molecular complexity index is 842. The number of rotatable bonds is 7. The monoisotopic (exact) mass is 403 g/mol. The van der Waals surface area contributed by atoms with Crippen molar-refractivity contribution in [3.63, 3.8) is 0 Å². The van der Waals surface area contributed by atoms with Crippen LogP contribution in [0.2, 0.25) is 5.02 Å². The number of esters is 1. The number of benzene rings is 1. The summed E-state index contributed by atoms with van der Waals surface area (Å²) in [5.74, 6) is -1.23. The third-order valence-corrected chi connectivity index (χ3v) is 3.26. The van der Waals surface area contributed by atoms with Gasteiger partial charge in [-0.05, 0) is 18.2 Å². The Hall–Kier alpha value is -2.78. The molecule has 0 atom stereocenters. The van der Waals surface area contributed by atoms with Crippen molar-refractivity contribution in [3.8, 4) is 23.1 Å². The molecule has 2 rings (SSSR count). The first-order valence-corrected chi connectivity index (χ1v) is 7.63. The van der Waals surface area contributed by atoms with E-state index in [1.54, 1.807) is 0 Å². The summed E-state index contributed by atoms with van der Waals surface area (Å²) in [6, 6.07) is 5.04. The summed E-state index contributed by atoms with van der Waals surface area (Å²) < 4.78 is 58.7. The molecule has 0 unspecified atom stereocenters. The quantitative estimate of drug-likeness (QED) is 0.291. The summed E-state index contributed by atoms with van der Waals surface area (Å²) in [6.07, 6.45) is -3.12. The normalized spacial score (nSPS) is 11.0. The van der Waals surface area contributed by atoms with Gasteiger partial charge in [-0.3, -0.25) is 0 Å². The zero-order valence-electron chi connectivity index (χ0n) is 13.9. The van der Waals surface area contributed by atoms with Crippen LogP contribution in [0.1, 0.15) is 5.56 Å². The predicted octanol–water partition coefficient (Wildman–Crippen LogP) is 4.62. The van der Waals surface area contributed by atoms with Gasteiger partial charge in [0.1, 0.15) is 5.02 Å². The van der Waals surface area contributed by atoms with E-state index in [1.807, 2.05) is 0 Å². The van der Waals surface area contributed by atoms with Gasteiger partial charge in [-0.25, -0.2) is 9.78 Å². The van der Waals surface area contributed by atoms with E-state index in [4.69, 9.17) is 30.5 Å². The van der Waals surface area contributed by atoms with Crippen molar-refractivity contribution >= 4 is 17.6 Å². The average Bonchev–Trinajstić information content (AvgIpc) is 2.62. The van der Waals surface area contributed by atoms with Gasteiger partial charge in [-0.15, -0.1) is 0 Å². The van der Waals surface area contributed by atoms with Crippen molar-refractivity contribution in [2.24, 2.45) is 0 Å². The molecule has 0 radical (unpaired) electrons. The van der Waals surface area contributed by atoms with Gasteiger partial charge in [0.2, 0.25) is 11.6 Å². The Morgan fingerprint density at radius 1 is 1.33 bits per heavy atom. The van der Waals surface area contributed by atoms with E-state index in [0.717, 1.165) is 6.08 Å². The van der Waals surface area contributed by atoms with Crippen LogP contribution in [0.15, 0.2) is 43.1 Å². The summed E-state index contributed by atoms with van der Waals surface area (Å²) in [4.78, 5) is 15.2. The van der Waals surface area contributed by atoms with Crippen LogP contribution in [-0.2, 0) is 15.7 Å². The van der Waals surface area contributed by atoms with Crippen LogP contribution in [0, 0.1) is 0 Å². The molecule has 1 aromatic carbocycles. The molecular formula is C17H13ClF3NO5. The van der Waals surface area contributed by atoms with E-state index in [0.29, 0.717) is 12.3 Å². The van der Waals surface area contributed by atoms with Crippen molar-refractivity contribution in [1.29, 1.82) is 0 Å². The van der Waals surface area contributed by atoms with Gasteiger partial charge < -0.3 is 18.9 Å². The minimum atomic E-state index is -4.60. The van der Waals surface area contributed by atoms with Crippen molar-refractivity contribution in [1.82, 2.24) is 4.98 Å². The fourth-order valence-corrected chi connectivity index (χ4v) is 2.02. The molecule has 0 saturated carbocycles. The first-order chi connectivity index (χ1) is 12.8. The summed E-state index contributed by atoms with van der Waals surface area (Å²) in [6.45, 7) is 3.14. The van der Waals surface area contributed by atoms with Gasteiger partial charge in [0.05, 0.1) is 5.56 Å². The van der Waals surface area contributed by atoms with Crippen LogP contribution in [0.4, 0.5) is 13.2 Å². The molecule has 1 aromatic heterocycles. The third-order valence-electron chi connectivity index (χ3n) is 2.99. The Kier molecular flexibility index (Phi) is 6.65. The summed E-state index contributed by atoms with van der Waals surface area (Å²) in [7, 11) is 1.39. The van der Waals surface area contributed by atoms with E-state index in [9.17, 15) is 18.0 Å². The molecule has 0 aliphatic heterocycles. The Morgan fingerprint density at radius 2 is 2.04 bits per heavy atom. The number of para-hydroxylation sites is 1. The second kappa shape index (κ2) is 8.74. The van der Waals surface area contributed by atoms with Gasteiger partial charge >= 0.3 is 12.1 Å². The van der Waals surface area contributed by atoms with Gasteiger partial charge in [-0.2, -0.15) is 13.2 Å². The molecule has 10 heteroatoms.